The van der Waals surface area contributed by atoms with Crippen LogP contribution in [-0.4, -0.2) is 53.2 Å². The molecule has 0 unspecified atom stereocenters. The van der Waals surface area contributed by atoms with Crippen LogP contribution in [0.25, 0.3) is 22.3 Å². The van der Waals surface area contributed by atoms with E-state index in [1.54, 1.807) is 12.1 Å². The van der Waals surface area contributed by atoms with Crippen molar-refractivity contribution in [3.8, 4) is 11.4 Å². The summed E-state index contributed by atoms with van der Waals surface area (Å²) in [5.74, 6) is 0.224. The minimum absolute atomic E-state index is 0.0169. The molecule has 5 rings (SSSR count). The molecule has 7 nitrogen and oxygen atoms in total. The Kier molecular flexibility index (Phi) is 6.81. The van der Waals surface area contributed by atoms with Crippen molar-refractivity contribution in [1.29, 1.82) is 0 Å². The molecule has 1 aromatic heterocycles. The van der Waals surface area contributed by atoms with E-state index in [1.165, 1.54) is 22.0 Å². The Morgan fingerprint density at radius 3 is 2.82 bits per heavy atom. The molecule has 0 radical (unpaired) electrons. The van der Waals surface area contributed by atoms with Crippen LogP contribution in [0.1, 0.15) is 20.3 Å². The van der Waals surface area contributed by atoms with Gasteiger partial charge in [0.2, 0.25) is 0 Å². The van der Waals surface area contributed by atoms with E-state index in [-0.39, 0.29) is 24.1 Å². The molecule has 2 aliphatic rings. The standard InChI is InChI=1S/C25H29ClIN5O2/c1-17(2)28-23(33)15-32-24(18-5-3-6-19(26)13-18)29-22-8-7-20(14-21(22)25(32)34)30-11-12-31-10-4-9-27(31)16-30/h3,5-8,13-14,17H,4,9-12,15-16H2,1-2H3,(H,28,33). The first-order valence-corrected chi connectivity index (χ1v) is 16.0. The quantitative estimate of drug-likeness (QED) is 0.208. The summed E-state index contributed by atoms with van der Waals surface area (Å²) in [6.07, 6.45) is 1.33. The number of nitrogens with zero attached hydrogens (tertiary/aromatic N) is 4. The van der Waals surface area contributed by atoms with Crippen molar-refractivity contribution in [2.75, 3.05) is 33.5 Å². The van der Waals surface area contributed by atoms with E-state index >= 15 is 0 Å². The number of hydrogen-bond donors (Lipinski definition) is 1. The number of alkyl halides is 2. The van der Waals surface area contributed by atoms with Crippen molar-refractivity contribution in [2.45, 2.75) is 32.9 Å². The zero-order chi connectivity index (χ0) is 23.8. The van der Waals surface area contributed by atoms with Gasteiger partial charge in [0, 0.05) is 0 Å². The third kappa shape index (κ3) is 4.81. The van der Waals surface area contributed by atoms with Crippen molar-refractivity contribution in [3.05, 3.63) is 57.8 Å². The molecule has 2 aliphatic heterocycles. The van der Waals surface area contributed by atoms with Gasteiger partial charge in [-0.25, -0.2) is 0 Å². The van der Waals surface area contributed by atoms with Crippen LogP contribution in [0.4, 0.5) is 5.69 Å². The maximum absolute atomic E-state index is 13.7. The SMILES string of the molecule is CC(C)NC(=O)Cn1c(-c2cccc(Cl)c2)nc2ccc(N3CCN4CCCI4C3)cc2c1=O. The molecule has 0 spiro atoms. The predicted molar refractivity (Wildman–Crippen MR) is 147 cm³/mol. The van der Waals surface area contributed by atoms with Gasteiger partial charge < -0.3 is 0 Å². The summed E-state index contributed by atoms with van der Waals surface area (Å²) in [6, 6.07) is 13.2. The first kappa shape index (κ1) is 23.6. The molecule has 0 atom stereocenters. The Morgan fingerprint density at radius 1 is 1.18 bits per heavy atom. The summed E-state index contributed by atoms with van der Waals surface area (Å²) in [7, 11) is 0. The number of fused-ring (bicyclic) bond motifs is 2. The molecule has 3 heterocycles. The van der Waals surface area contributed by atoms with Gasteiger partial charge in [0.1, 0.15) is 0 Å². The van der Waals surface area contributed by atoms with Gasteiger partial charge in [-0.2, -0.15) is 0 Å². The van der Waals surface area contributed by atoms with E-state index in [0.29, 0.717) is 27.3 Å². The number of benzene rings is 2. The van der Waals surface area contributed by atoms with Crippen molar-refractivity contribution in [3.63, 3.8) is 0 Å². The Labute approximate surface area is 211 Å². The van der Waals surface area contributed by atoms with Crippen molar-refractivity contribution >= 4 is 54.2 Å². The normalized spacial score (nSPS) is 17.4. The molecular formula is C25H29ClIN5O2. The average molecular weight is 594 g/mol. The van der Waals surface area contributed by atoms with Crippen LogP contribution >= 0.6 is 31.7 Å². The molecule has 2 saturated heterocycles. The fraction of sp³-hybridized carbons (Fsp3) is 0.400. The fourth-order valence-corrected chi connectivity index (χ4v) is 11.0. The van der Waals surface area contributed by atoms with Crippen LogP contribution in [0.5, 0.6) is 0 Å². The number of halogens is 2. The van der Waals surface area contributed by atoms with Crippen molar-refractivity contribution in [2.24, 2.45) is 0 Å². The maximum atomic E-state index is 13.7. The molecule has 0 aliphatic carbocycles. The van der Waals surface area contributed by atoms with Gasteiger partial charge in [-0.3, -0.25) is 0 Å². The minimum atomic E-state index is -1.08. The summed E-state index contributed by atoms with van der Waals surface area (Å²) in [5.41, 5.74) is 2.20. The second-order valence-electron chi connectivity index (χ2n) is 9.02. The summed E-state index contributed by atoms with van der Waals surface area (Å²) in [6.45, 7) is 7.07. The molecule has 1 amide bonds. The summed E-state index contributed by atoms with van der Waals surface area (Å²) in [4.78, 5) is 33.7. The van der Waals surface area contributed by atoms with Crippen molar-refractivity contribution in [1.82, 2.24) is 18.0 Å². The van der Waals surface area contributed by atoms with Gasteiger partial charge in [0.15, 0.2) is 0 Å². The van der Waals surface area contributed by atoms with E-state index in [9.17, 15) is 9.59 Å². The van der Waals surface area contributed by atoms with Crippen LogP contribution < -0.4 is 15.8 Å². The second kappa shape index (κ2) is 9.83. The second-order valence-corrected chi connectivity index (χ2v) is 15.0. The monoisotopic (exact) mass is 593 g/mol. The Bertz CT molecular complexity index is 1290. The molecule has 0 saturated carbocycles. The molecular weight excluding hydrogens is 565 g/mol. The van der Waals surface area contributed by atoms with E-state index in [2.05, 4.69) is 19.4 Å². The number of hydrogen-bond acceptors (Lipinski definition) is 5. The van der Waals surface area contributed by atoms with Crippen LogP contribution in [-0.2, 0) is 11.3 Å². The number of nitrogens with one attached hydrogen (secondary N) is 1. The third-order valence-electron chi connectivity index (χ3n) is 6.12. The summed E-state index contributed by atoms with van der Waals surface area (Å²) in [5, 5.41) is 3.97. The molecule has 180 valence electrons. The van der Waals surface area contributed by atoms with Gasteiger partial charge >= 0.3 is 213 Å². The zero-order valence-corrected chi connectivity index (χ0v) is 22.3. The predicted octanol–water partition coefficient (Wildman–Crippen LogP) is 4.15. The Hall–Kier alpha value is -2.17. The molecule has 9 heteroatoms. The third-order valence-corrected chi connectivity index (χ3v) is 12.9. The average Bonchev–Trinajstić information content (AvgIpc) is 3.28. The fourth-order valence-electron chi connectivity index (χ4n) is 4.56. The topological polar surface area (TPSA) is 70.5 Å². The van der Waals surface area contributed by atoms with Crippen molar-refractivity contribution < 1.29 is 4.79 Å². The molecule has 34 heavy (non-hydrogen) atoms. The summed E-state index contributed by atoms with van der Waals surface area (Å²) >= 11 is 5.14. The molecule has 1 N–H and O–H groups in total. The first-order chi connectivity index (χ1) is 16.4. The van der Waals surface area contributed by atoms with E-state index in [4.69, 9.17) is 16.6 Å². The van der Waals surface area contributed by atoms with E-state index in [1.807, 2.05) is 38.1 Å². The molecule has 2 aromatic carbocycles. The van der Waals surface area contributed by atoms with E-state index in [0.717, 1.165) is 23.3 Å². The van der Waals surface area contributed by atoms with Crippen LogP contribution in [0.3, 0.4) is 0 Å². The zero-order valence-electron chi connectivity index (χ0n) is 19.4. The van der Waals surface area contributed by atoms with Crippen LogP contribution in [0.2, 0.25) is 5.02 Å². The Morgan fingerprint density at radius 2 is 2.03 bits per heavy atom. The number of amides is 1. The first-order valence-electron chi connectivity index (χ1n) is 11.6. The summed E-state index contributed by atoms with van der Waals surface area (Å²) < 4.78 is 6.71. The van der Waals surface area contributed by atoms with Gasteiger partial charge in [0.05, 0.1) is 0 Å². The van der Waals surface area contributed by atoms with Gasteiger partial charge in [-0.05, 0) is 0 Å². The molecule has 3 aromatic rings. The Balaban J connectivity index is 1.58. The van der Waals surface area contributed by atoms with Gasteiger partial charge in [-0.15, -0.1) is 0 Å². The molecule has 2 fully saturated rings. The van der Waals surface area contributed by atoms with Gasteiger partial charge in [0.25, 0.3) is 0 Å². The van der Waals surface area contributed by atoms with Crippen LogP contribution in [0.15, 0.2) is 47.3 Å². The van der Waals surface area contributed by atoms with E-state index < -0.39 is 20.1 Å². The number of carbonyl (C=O) groups is 1. The number of anilines is 1. The number of rotatable bonds is 5. The number of aromatic nitrogens is 2. The number of carbonyl (C=O) groups excluding carboxylic acids is 1. The van der Waals surface area contributed by atoms with Gasteiger partial charge in [-0.1, -0.05) is 0 Å². The van der Waals surface area contributed by atoms with Crippen LogP contribution in [0, 0.1) is 0 Å². The molecule has 0 bridgehead atoms.